The largest absolute Gasteiger partial charge is 0.506 e. The van der Waals surface area contributed by atoms with Crippen LogP contribution in [0.3, 0.4) is 0 Å². The smallest absolute Gasteiger partial charge is 0.267 e. The topological polar surface area (TPSA) is 81.2 Å². The molecule has 0 aliphatic heterocycles. The van der Waals surface area contributed by atoms with Gasteiger partial charge in [-0.1, -0.05) is 41.0 Å². The maximum atomic E-state index is 12.9. The Morgan fingerprint density at radius 3 is 2.65 bits per heavy atom. The number of rotatable bonds is 3. The number of fused-ring (bicyclic) bond motifs is 1. The molecule has 1 N–H and O–H groups in total. The summed E-state index contributed by atoms with van der Waals surface area (Å²) in [6.45, 7) is 2.30. The molecule has 0 aliphatic rings. The summed E-state index contributed by atoms with van der Waals surface area (Å²) in [7, 11) is 0. The summed E-state index contributed by atoms with van der Waals surface area (Å²) >= 11 is 6.17. The fourth-order valence-electron chi connectivity index (χ4n) is 2.97. The Balaban J connectivity index is 1.96. The number of hydrogen-bond acceptors (Lipinski definition) is 5. The van der Waals surface area contributed by atoms with Gasteiger partial charge in [-0.15, -0.1) is 0 Å². The molecule has 2 aromatic heterocycles. The highest BCUT2D eigenvalue weighted by Gasteiger charge is 2.23. The van der Waals surface area contributed by atoms with E-state index in [-0.39, 0.29) is 23.0 Å². The lowest BCUT2D eigenvalue weighted by Gasteiger charge is -2.11. The molecule has 26 heavy (non-hydrogen) atoms. The molecule has 0 atom stereocenters. The molecule has 2 aromatic carbocycles. The Kier molecular flexibility index (Phi) is 3.97. The highest BCUT2D eigenvalue weighted by Crippen LogP contribution is 2.33. The minimum atomic E-state index is -0.391. The van der Waals surface area contributed by atoms with Crippen molar-refractivity contribution in [1.29, 1.82) is 0 Å². The van der Waals surface area contributed by atoms with Gasteiger partial charge in [0.25, 0.3) is 11.4 Å². The van der Waals surface area contributed by atoms with Crippen LogP contribution in [0.4, 0.5) is 0 Å². The second-order valence-corrected chi connectivity index (χ2v) is 6.10. The van der Waals surface area contributed by atoms with E-state index in [1.807, 2.05) is 13.0 Å². The van der Waals surface area contributed by atoms with E-state index >= 15 is 0 Å². The lowest BCUT2D eigenvalue weighted by Crippen LogP contribution is -2.21. The zero-order valence-electron chi connectivity index (χ0n) is 13.8. The molecule has 7 heteroatoms. The van der Waals surface area contributed by atoms with Crippen LogP contribution in [0.15, 0.2) is 57.8 Å². The van der Waals surface area contributed by atoms with Gasteiger partial charge in [0.15, 0.2) is 0 Å². The van der Waals surface area contributed by atoms with Crippen molar-refractivity contribution in [2.75, 3.05) is 0 Å². The fourth-order valence-corrected chi connectivity index (χ4v) is 3.19. The molecule has 4 aromatic rings. The molecule has 0 fully saturated rings. The van der Waals surface area contributed by atoms with Crippen molar-refractivity contribution < 1.29 is 9.63 Å². The van der Waals surface area contributed by atoms with Crippen molar-refractivity contribution in [1.82, 2.24) is 14.7 Å². The van der Waals surface area contributed by atoms with Crippen LogP contribution in [0, 0.1) is 0 Å². The Morgan fingerprint density at radius 2 is 1.88 bits per heavy atom. The molecular formula is C19H14ClN3O3. The average molecular weight is 368 g/mol. The van der Waals surface area contributed by atoms with E-state index < -0.39 is 5.56 Å². The molecule has 0 saturated carbocycles. The molecule has 0 saturated heterocycles. The van der Waals surface area contributed by atoms with E-state index in [1.165, 1.54) is 0 Å². The van der Waals surface area contributed by atoms with Gasteiger partial charge in [0.1, 0.15) is 11.3 Å². The van der Waals surface area contributed by atoms with Crippen LogP contribution in [-0.4, -0.2) is 19.8 Å². The molecule has 0 bridgehead atoms. The van der Waals surface area contributed by atoms with E-state index in [0.717, 1.165) is 0 Å². The van der Waals surface area contributed by atoms with Crippen LogP contribution in [0.1, 0.15) is 6.92 Å². The second kappa shape index (κ2) is 6.31. The molecule has 0 aliphatic carbocycles. The standard InChI is InChI=1S/C19H14ClN3O3/c1-2-23-14-10-6-4-8-12(14)16(24)15(19(23)25)18-21-17(22-26-18)11-7-3-5-9-13(11)20/h3-10,24H,2H2,1H3. The summed E-state index contributed by atoms with van der Waals surface area (Å²) in [4.78, 5) is 17.2. The first kappa shape index (κ1) is 16.4. The monoisotopic (exact) mass is 367 g/mol. The number of para-hydroxylation sites is 1. The van der Waals surface area contributed by atoms with Gasteiger partial charge < -0.3 is 14.2 Å². The zero-order valence-corrected chi connectivity index (χ0v) is 14.6. The summed E-state index contributed by atoms with van der Waals surface area (Å²) < 4.78 is 6.84. The number of aromatic hydroxyl groups is 1. The predicted octanol–water partition coefficient (Wildman–Crippen LogP) is 4.10. The molecular weight excluding hydrogens is 354 g/mol. The van der Waals surface area contributed by atoms with E-state index in [0.29, 0.717) is 28.0 Å². The SMILES string of the molecule is CCn1c(=O)c(-c2nc(-c3ccccc3Cl)no2)c(O)c2ccccc21. The predicted molar refractivity (Wildman–Crippen MR) is 99.3 cm³/mol. The number of pyridine rings is 1. The van der Waals surface area contributed by atoms with Gasteiger partial charge in [0.05, 0.1) is 10.5 Å². The maximum absolute atomic E-state index is 12.9. The lowest BCUT2D eigenvalue weighted by molar-refractivity contribution is 0.425. The molecule has 0 amide bonds. The van der Waals surface area contributed by atoms with Crippen LogP contribution in [0.5, 0.6) is 5.75 Å². The van der Waals surface area contributed by atoms with Crippen LogP contribution < -0.4 is 5.56 Å². The van der Waals surface area contributed by atoms with Gasteiger partial charge in [0, 0.05) is 17.5 Å². The fraction of sp³-hybridized carbons (Fsp3) is 0.105. The normalized spacial score (nSPS) is 11.2. The van der Waals surface area contributed by atoms with Gasteiger partial charge >= 0.3 is 0 Å². The number of nitrogens with zero attached hydrogens (tertiary/aromatic N) is 3. The Morgan fingerprint density at radius 1 is 1.15 bits per heavy atom. The number of hydrogen-bond donors (Lipinski definition) is 1. The molecule has 130 valence electrons. The van der Waals surface area contributed by atoms with Crippen molar-refractivity contribution in [3.8, 4) is 28.6 Å². The van der Waals surface area contributed by atoms with Gasteiger partial charge in [-0.3, -0.25) is 4.79 Å². The quantitative estimate of drug-likeness (QED) is 0.589. The number of halogens is 1. The molecule has 6 nitrogen and oxygen atoms in total. The lowest BCUT2D eigenvalue weighted by atomic mass is 10.1. The van der Waals surface area contributed by atoms with Crippen LogP contribution in [-0.2, 0) is 6.54 Å². The summed E-state index contributed by atoms with van der Waals surface area (Å²) in [5, 5.41) is 15.6. The van der Waals surface area contributed by atoms with Crippen molar-refractivity contribution >= 4 is 22.5 Å². The van der Waals surface area contributed by atoms with E-state index in [9.17, 15) is 9.90 Å². The zero-order chi connectivity index (χ0) is 18.3. The van der Waals surface area contributed by atoms with Crippen molar-refractivity contribution in [2.45, 2.75) is 13.5 Å². The minimum absolute atomic E-state index is 0.0173. The Labute approximate surface area is 153 Å². The second-order valence-electron chi connectivity index (χ2n) is 5.69. The number of aromatic nitrogens is 3. The third kappa shape index (κ3) is 2.46. The van der Waals surface area contributed by atoms with E-state index in [1.54, 1.807) is 47.0 Å². The first-order valence-electron chi connectivity index (χ1n) is 8.05. The molecule has 0 unspecified atom stereocenters. The first-order valence-corrected chi connectivity index (χ1v) is 8.43. The molecule has 2 heterocycles. The number of benzene rings is 2. The van der Waals surface area contributed by atoms with Crippen molar-refractivity contribution in [3.05, 3.63) is 63.9 Å². The van der Waals surface area contributed by atoms with Crippen LogP contribution in [0.25, 0.3) is 33.7 Å². The minimum Gasteiger partial charge on any atom is -0.506 e. The van der Waals surface area contributed by atoms with Gasteiger partial charge in [0.2, 0.25) is 5.82 Å². The highest BCUT2D eigenvalue weighted by atomic mass is 35.5. The molecule has 0 radical (unpaired) electrons. The highest BCUT2D eigenvalue weighted by molar-refractivity contribution is 6.33. The summed E-state index contributed by atoms with van der Waals surface area (Å²) in [5.74, 6) is 0.0284. The summed E-state index contributed by atoms with van der Waals surface area (Å²) in [6, 6.07) is 14.2. The molecule has 0 spiro atoms. The molecule has 4 rings (SSSR count). The third-order valence-corrected chi connectivity index (χ3v) is 4.55. The van der Waals surface area contributed by atoms with Crippen molar-refractivity contribution in [2.24, 2.45) is 0 Å². The Bertz CT molecular complexity index is 1180. The average Bonchev–Trinajstić information content (AvgIpc) is 3.12. The summed E-state index contributed by atoms with van der Waals surface area (Å²) in [5.41, 5.74) is 0.821. The first-order chi connectivity index (χ1) is 12.6. The number of aryl methyl sites for hydroxylation is 1. The van der Waals surface area contributed by atoms with Gasteiger partial charge in [-0.25, -0.2) is 0 Å². The van der Waals surface area contributed by atoms with Gasteiger partial charge in [-0.2, -0.15) is 4.98 Å². The van der Waals surface area contributed by atoms with E-state index in [4.69, 9.17) is 16.1 Å². The van der Waals surface area contributed by atoms with Crippen LogP contribution in [0.2, 0.25) is 5.02 Å². The summed E-state index contributed by atoms with van der Waals surface area (Å²) in [6.07, 6.45) is 0. The van der Waals surface area contributed by atoms with Crippen LogP contribution >= 0.6 is 11.6 Å². The Hall–Kier alpha value is -3.12. The van der Waals surface area contributed by atoms with Crippen molar-refractivity contribution in [3.63, 3.8) is 0 Å². The van der Waals surface area contributed by atoms with E-state index in [2.05, 4.69) is 10.1 Å². The third-order valence-electron chi connectivity index (χ3n) is 4.22. The van der Waals surface area contributed by atoms with Gasteiger partial charge in [-0.05, 0) is 31.2 Å². The maximum Gasteiger partial charge on any atom is 0.267 e.